The first-order valence-corrected chi connectivity index (χ1v) is 7.81. The monoisotopic (exact) mass is 268 g/mol. The lowest BCUT2D eigenvalue weighted by atomic mass is 9.77. The highest BCUT2D eigenvalue weighted by atomic mass is 16.4. The average molecular weight is 268 g/mol. The molecule has 4 nitrogen and oxygen atoms in total. The van der Waals surface area contributed by atoms with Gasteiger partial charge in [0.15, 0.2) is 0 Å². The van der Waals surface area contributed by atoms with Gasteiger partial charge >= 0.3 is 5.97 Å². The third-order valence-corrected chi connectivity index (χ3v) is 4.95. The van der Waals surface area contributed by atoms with E-state index in [4.69, 9.17) is 10.8 Å². The first kappa shape index (κ1) is 14.8. The summed E-state index contributed by atoms with van der Waals surface area (Å²) in [4.78, 5) is 13.3. The van der Waals surface area contributed by atoms with Gasteiger partial charge in [0.25, 0.3) is 0 Å². The summed E-state index contributed by atoms with van der Waals surface area (Å²) in [5, 5.41) is 8.82. The lowest BCUT2D eigenvalue weighted by molar-refractivity contribution is -0.137. The number of carboxylic acid groups (broad SMARTS) is 1. The van der Waals surface area contributed by atoms with Gasteiger partial charge < -0.3 is 10.8 Å². The highest BCUT2D eigenvalue weighted by Gasteiger charge is 2.35. The number of rotatable bonds is 6. The Balaban J connectivity index is 1.90. The largest absolute Gasteiger partial charge is 0.481 e. The zero-order valence-corrected chi connectivity index (χ0v) is 12.1. The van der Waals surface area contributed by atoms with Gasteiger partial charge in [0.1, 0.15) is 0 Å². The number of hydrogen-bond donors (Lipinski definition) is 2. The molecule has 0 amide bonds. The quantitative estimate of drug-likeness (QED) is 0.774. The Morgan fingerprint density at radius 1 is 1.42 bits per heavy atom. The molecule has 3 atom stereocenters. The van der Waals surface area contributed by atoms with E-state index in [1.807, 2.05) is 0 Å². The van der Waals surface area contributed by atoms with Crippen molar-refractivity contribution in [2.24, 2.45) is 17.6 Å². The normalized spacial score (nSPS) is 30.8. The van der Waals surface area contributed by atoms with Crippen LogP contribution in [0.1, 0.15) is 51.9 Å². The summed E-state index contributed by atoms with van der Waals surface area (Å²) in [7, 11) is 0. The molecule has 0 aromatic rings. The van der Waals surface area contributed by atoms with Crippen LogP contribution in [-0.2, 0) is 4.79 Å². The van der Waals surface area contributed by atoms with E-state index in [9.17, 15) is 4.79 Å². The van der Waals surface area contributed by atoms with Crippen LogP contribution in [0.5, 0.6) is 0 Å². The van der Waals surface area contributed by atoms with Crippen molar-refractivity contribution < 1.29 is 9.90 Å². The molecule has 0 bridgehead atoms. The minimum atomic E-state index is -0.684. The molecule has 1 saturated heterocycles. The second-order valence-corrected chi connectivity index (χ2v) is 6.41. The molecule has 0 aromatic carbocycles. The van der Waals surface area contributed by atoms with E-state index < -0.39 is 5.97 Å². The standard InChI is InChI=1S/C15H28N2O2/c1-2-14(12-4-3-5-12)17-9-11(6-7-15(18)19)8-13(16)10-17/h11-14H,2-10,16H2,1H3,(H,18,19). The molecule has 2 rings (SSSR count). The maximum absolute atomic E-state index is 10.7. The van der Waals surface area contributed by atoms with Crippen molar-refractivity contribution in [2.45, 2.75) is 64.0 Å². The summed E-state index contributed by atoms with van der Waals surface area (Å²) in [6.45, 7) is 4.32. The van der Waals surface area contributed by atoms with Gasteiger partial charge in [-0.2, -0.15) is 0 Å². The van der Waals surface area contributed by atoms with Crippen LogP contribution in [0.4, 0.5) is 0 Å². The van der Waals surface area contributed by atoms with Crippen LogP contribution in [0.3, 0.4) is 0 Å². The van der Waals surface area contributed by atoms with Gasteiger partial charge in [-0.25, -0.2) is 0 Å². The van der Waals surface area contributed by atoms with Crippen LogP contribution in [0.15, 0.2) is 0 Å². The molecular formula is C15H28N2O2. The fourth-order valence-corrected chi connectivity index (χ4v) is 3.81. The van der Waals surface area contributed by atoms with E-state index in [1.54, 1.807) is 0 Å². The zero-order chi connectivity index (χ0) is 13.8. The maximum Gasteiger partial charge on any atom is 0.303 e. The lowest BCUT2D eigenvalue weighted by Crippen LogP contribution is -2.53. The van der Waals surface area contributed by atoms with E-state index >= 15 is 0 Å². The molecule has 3 unspecified atom stereocenters. The van der Waals surface area contributed by atoms with Crippen LogP contribution >= 0.6 is 0 Å². The Morgan fingerprint density at radius 3 is 2.68 bits per heavy atom. The zero-order valence-electron chi connectivity index (χ0n) is 12.1. The number of likely N-dealkylation sites (tertiary alicyclic amines) is 1. The molecule has 2 fully saturated rings. The molecule has 1 heterocycles. The maximum atomic E-state index is 10.7. The van der Waals surface area contributed by atoms with Crippen molar-refractivity contribution in [3.8, 4) is 0 Å². The molecule has 4 heteroatoms. The fraction of sp³-hybridized carbons (Fsp3) is 0.933. The third-order valence-electron chi connectivity index (χ3n) is 4.95. The van der Waals surface area contributed by atoms with E-state index in [0.717, 1.165) is 31.8 Å². The van der Waals surface area contributed by atoms with Gasteiger partial charge in [0, 0.05) is 31.6 Å². The highest BCUT2D eigenvalue weighted by molar-refractivity contribution is 5.66. The minimum Gasteiger partial charge on any atom is -0.481 e. The van der Waals surface area contributed by atoms with Crippen LogP contribution in [0.25, 0.3) is 0 Å². The van der Waals surface area contributed by atoms with Gasteiger partial charge in [-0.1, -0.05) is 13.3 Å². The molecule has 110 valence electrons. The number of carboxylic acids is 1. The molecular weight excluding hydrogens is 240 g/mol. The molecule has 1 aliphatic heterocycles. The van der Waals surface area contributed by atoms with Gasteiger partial charge in [-0.3, -0.25) is 9.69 Å². The van der Waals surface area contributed by atoms with Gasteiger partial charge in [-0.05, 0) is 43.9 Å². The van der Waals surface area contributed by atoms with Crippen LogP contribution in [-0.4, -0.2) is 41.1 Å². The van der Waals surface area contributed by atoms with Crippen LogP contribution in [0, 0.1) is 11.8 Å². The third kappa shape index (κ3) is 3.93. The van der Waals surface area contributed by atoms with Gasteiger partial charge in [-0.15, -0.1) is 0 Å². The summed E-state index contributed by atoms with van der Waals surface area (Å²) in [6, 6.07) is 0.897. The molecule has 0 aromatic heterocycles. The summed E-state index contributed by atoms with van der Waals surface area (Å²) < 4.78 is 0. The summed E-state index contributed by atoms with van der Waals surface area (Å²) >= 11 is 0. The summed E-state index contributed by atoms with van der Waals surface area (Å²) in [6.07, 6.45) is 7.36. The second-order valence-electron chi connectivity index (χ2n) is 6.41. The topological polar surface area (TPSA) is 66.6 Å². The lowest BCUT2D eigenvalue weighted by Gasteiger charge is -2.46. The second kappa shape index (κ2) is 6.71. The minimum absolute atomic E-state index is 0.224. The first-order chi connectivity index (χ1) is 9.10. The Hall–Kier alpha value is -0.610. The van der Waals surface area contributed by atoms with Crippen molar-refractivity contribution in [3.05, 3.63) is 0 Å². The number of hydrogen-bond acceptors (Lipinski definition) is 3. The Bertz CT molecular complexity index is 305. The average Bonchev–Trinajstić information content (AvgIpc) is 2.30. The number of nitrogens with zero attached hydrogens (tertiary/aromatic N) is 1. The van der Waals surface area contributed by atoms with E-state index in [0.29, 0.717) is 12.0 Å². The molecule has 3 N–H and O–H groups in total. The summed E-state index contributed by atoms with van der Waals surface area (Å²) in [5.41, 5.74) is 6.18. The van der Waals surface area contributed by atoms with Crippen molar-refractivity contribution in [1.82, 2.24) is 4.90 Å². The highest BCUT2D eigenvalue weighted by Crippen LogP contribution is 2.35. The van der Waals surface area contributed by atoms with Crippen LogP contribution < -0.4 is 5.73 Å². The smallest absolute Gasteiger partial charge is 0.303 e. The van der Waals surface area contributed by atoms with Crippen molar-refractivity contribution >= 4 is 5.97 Å². The van der Waals surface area contributed by atoms with Crippen molar-refractivity contribution in [2.75, 3.05) is 13.1 Å². The molecule has 19 heavy (non-hydrogen) atoms. The van der Waals surface area contributed by atoms with Crippen LogP contribution in [0.2, 0.25) is 0 Å². The van der Waals surface area contributed by atoms with Gasteiger partial charge in [0.05, 0.1) is 0 Å². The van der Waals surface area contributed by atoms with E-state index in [2.05, 4.69) is 11.8 Å². The first-order valence-electron chi connectivity index (χ1n) is 7.81. The van der Waals surface area contributed by atoms with E-state index in [1.165, 1.54) is 25.7 Å². The number of aliphatic carboxylic acids is 1. The summed E-state index contributed by atoms with van der Waals surface area (Å²) in [5.74, 6) is 0.640. The molecule has 1 saturated carbocycles. The predicted molar refractivity (Wildman–Crippen MR) is 75.9 cm³/mol. The fourth-order valence-electron chi connectivity index (χ4n) is 3.81. The van der Waals surface area contributed by atoms with Crippen molar-refractivity contribution in [3.63, 3.8) is 0 Å². The molecule has 2 aliphatic rings. The molecule has 1 aliphatic carbocycles. The SMILES string of the molecule is CCC(C1CCC1)N1CC(N)CC(CCC(=O)O)C1. The number of piperidine rings is 1. The van der Waals surface area contributed by atoms with E-state index in [-0.39, 0.29) is 12.5 Å². The Labute approximate surface area is 116 Å². The van der Waals surface area contributed by atoms with Gasteiger partial charge in [0.2, 0.25) is 0 Å². The van der Waals surface area contributed by atoms with Crippen molar-refractivity contribution in [1.29, 1.82) is 0 Å². The number of nitrogens with two attached hydrogens (primary N) is 1. The molecule has 0 radical (unpaired) electrons. The predicted octanol–water partition coefficient (Wildman–Crippen LogP) is 2.08. The molecule has 0 spiro atoms. The number of carbonyl (C=O) groups is 1. The Kier molecular flexibility index (Phi) is 5.22. The Morgan fingerprint density at radius 2 is 2.16 bits per heavy atom.